The highest BCUT2D eigenvalue weighted by molar-refractivity contribution is 6.30. The molecule has 2 aromatic rings. The Hall–Kier alpha value is -2.22. The van der Waals surface area contributed by atoms with Crippen molar-refractivity contribution in [3.05, 3.63) is 70.2 Å². The van der Waals surface area contributed by atoms with Gasteiger partial charge in [-0.25, -0.2) is 4.79 Å². The van der Waals surface area contributed by atoms with E-state index >= 15 is 0 Å². The van der Waals surface area contributed by atoms with Crippen molar-refractivity contribution in [2.24, 2.45) is 0 Å². The van der Waals surface area contributed by atoms with Gasteiger partial charge in [0.25, 0.3) is 0 Å². The van der Waals surface area contributed by atoms with Crippen LogP contribution in [-0.2, 0) is 0 Å². The molecule has 4 nitrogen and oxygen atoms in total. The molecule has 1 N–H and O–H groups in total. The highest BCUT2D eigenvalue weighted by Gasteiger charge is 2.31. The van der Waals surface area contributed by atoms with Crippen LogP contribution in [0.15, 0.2) is 48.5 Å². The highest BCUT2D eigenvalue weighted by atomic mass is 35.5. The molecule has 3 atom stereocenters. The fourth-order valence-electron chi connectivity index (χ4n) is 3.85. The predicted octanol–water partition coefficient (Wildman–Crippen LogP) is 5.71. The number of urea groups is 1. The lowest BCUT2D eigenvalue weighted by Crippen LogP contribution is -2.55. The molecule has 3 rings (SSSR count). The second-order valence-electron chi connectivity index (χ2n) is 7.41. The average Bonchev–Trinajstić information content (AvgIpc) is 2.68. The molecule has 0 aliphatic carbocycles. The molecule has 1 aliphatic heterocycles. The number of hydrogen-bond donors (Lipinski definition) is 1. The smallest absolute Gasteiger partial charge is 0.317 e. The Kier molecular flexibility index (Phi) is 8.37. The van der Waals surface area contributed by atoms with Gasteiger partial charge in [-0.1, -0.05) is 49.7 Å². The lowest BCUT2D eigenvalue weighted by Gasteiger charge is -2.40. The van der Waals surface area contributed by atoms with Gasteiger partial charge in [0.1, 0.15) is 0 Å². The first-order valence-corrected chi connectivity index (χ1v) is 10.2. The lowest BCUT2D eigenvalue weighted by molar-refractivity contribution is 0.112. The number of nitriles is 1. The van der Waals surface area contributed by atoms with Crippen LogP contribution in [0.25, 0.3) is 0 Å². The van der Waals surface area contributed by atoms with Crippen LogP contribution in [0.5, 0.6) is 0 Å². The summed E-state index contributed by atoms with van der Waals surface area (Å²) in [6.45, 7) is 5.61. The van der Waals surface area contributed by atoms with E-state index in [1.54, 1.807) is 6.07 Å². The molecule has 1 heterocycles. The van der Waals surface area contributed by atoms with Gasteiger partial charge in [0.05, 0.1) is 11.6 Å². The Labute approximate surface area is 184 Å². The maximum Gasteiger partial charge on any atom is 0.317 e. The number of rotatable bonds is 6. The molecule has 0 radical (unpaired) electrons. The topological polar surface area (TPSA) is 56.1 Å². The molecular weight excluding hydrogens is 405 g/mol. The van der Waals surface area contributed by atoms with E-state index in [-0.39, 0.29) is 30.3 Å². The maximum atomic E-state index is 12.6. The monoisotopic (exact) mass is 431 g/mol. The van der Waals surface area contributed by atoms with Crippen molar-refractivity contribution in [1.82, 2.24) is 10.2 Å². The van der Waals surface area contributed by atoms with Gasteiger partial charge in [0, 0.05) is 30.1 Å². The molecule has 1 fully saturated rings. The minimum absolute atomic E-state index is 0. The number of nitrogens with zero attached hydrogens (tertiary/aromatic N) is 2. The van der Waals surface area contributed by atoms with Crippen molar-refractivity contribution in [2.75, 3.05) is 13.1 Å². The summed E-state index contributed by atoms with van der Waals surface area (Å²) in [6, 6.07) is 18.1. The molecule has 29 heavy (non-hydrogen) atoms. The molecule has 2 unspecified atom stereocenters. The Morgan fingerprint density at radius 1 is 1.28 bits per heavy atom. The zero-order valence-corrected chi connectivity index (χ0v) is 18.3. The van der Waals surface area contributed by atoms with Gasteiger partial charge in [-0.05, 0) is 54.2 Å². The Bertz CT molecular complexity index is 861. The predicted molar refractivity (Wildman–Crippen MR) is 120 cm³/mol. The molecule has 154 valence electrons. The molecule has 2 amide bonds. The van der Waals surface area contributed by atoms with Gasteiger partial charge in [0.15, 0.2) is 0 Å². The molecule has 0 bridgehead atoms. The van der Waals surface area contributed by atoms with Gasteiger partial charge in [-0.15, -0.1) is 12.4 Å². The average molecular weight is 432 g/mol. The summed E-state index contributed by atoms with van der Waals surface area (Å²) in [5, 5.41) is 13.1. The van der Waals surface area contributed by atoms with Gasteiger partial charge >= 0.3 is 6.03 Å². The second kappa shape index (κ2) is 10.5. The Morgan fingerprint density at radius 2 is 2.00 bits per heavy atom. The van der Waals surface area contributed by atoms with Crippen LogP contribution in [0.2, 0.25) is 5.02 Å². The Morgan fingerprint density at radius 3 is 2.59 bits per heavy atom. The third-order valence-corrected chi connectivity index (χ3v) is 6.04. The zero-order valence-electron chi connectivity index (χ0n) is 16.8. The number of nitrogens with one attached hydrogen (secondary N) is 1. The van der Waals surface area contributed by atoms with Crippen molar-refractivity contribution >= 4 is 30.0 Å². The minimum Gasteiger partial charge on any atom is -0.337 e. The first kappa shape index (κ1) is 23.1. The fraction of sp³-hybridized carbons (Fsp3) is 0.391. The van der Waals surface area contributed by atoms with Gasteiger partial charge in [-0.2, -0.15) is 5.26 Å². The van der Waals surface area contributed by atoms with Gasteiger partial charge in [0.2, 0.25) is 0 Å². The van der Waals surface area contributed by atoms with Crippen LogP contribution < -0.4 is 5.32 Å². The van der Waals surface area contributed by atoms with Crippen LogP contribution in [0.1, 0.15) is 55.2 Å². The highest BCUT2D eigenvalue weighted by Crippen LogP contribution is 2.33. The van der Waals surface area contributed by atoms with Crippen LogP contribution in [0.4, 0.5) is 4.79 Å². The number of amides is 2. The van der Waals surface area contributed by atoms with Crippen LogP contribution >= 0.6 is 24.0 Å². The minimum atomic E-state index is 0. The van der Waals surface area contributed by atoms with Crippen molar-refractivity contribution in [3.8, 4) is 6.07 Å². The number of carbonyl (C=O) groups excluding carboxylic acids is 1. The molecule has 0 saturated carbocycles. The number of hydrogen-bond acceptors (Lipinski definition) is 2. The summed E-state index contributed by atoms with van der Waals surface area (Å²) >= 11 is 6.04. The molecule has 6 heteroatoms. The first-order valence-electron chi connectivity index (χ1n) is 9.83. The summed E-state index contributed by atoms with van der Waals surface area (Å²) in [6.07, 6.45) is 2.07. The van der Waals surface area contributed by atoms with Crippen molar-refractivity contribution in [1.29, 1.82) is 5.26 Å². The molecular formula is C23H27Cl2N3O. The first-order chi connectivity index (χ1) is 13.5. The van der Waals surface area contributed by atoms with Gasteiger partial charge < -0.3 is 10.2 Å². The van der Waals surface area contributed by atoms with Crippen LogP contribution in [-0.4, -0.2) is 30.1 Å². The second-order valence-corrected chi connectivity index (χ2v) is 7.85. The lowest BCUT2D eigenvalue weighted by atomic mass is 9.82. The largest absolute Gasteiger partial charge is 0.337 e. The number of likely N-dealkylation sites (tertiary alicyclic amines) is 1. The summed E-state index contributed by atoms with van der Waals surface area (Å²) in [7, 11) is 0. The van der Waals surface area contributed by atoms with Gasteiger partial charge in [-0.3, -0.25) is 0 Å². The van der Waals surface area contributed by atoms with Crippen molar-refractivity contribution in [2.45, 2.75) is 44.6 Å². The van der Waals surface area contributed by atoms with E-state index < -0.39 is 0 Å². The van der Waals surface area contributed by atoms with Crippen molar-refractivity contribution in [3.63, 3.8) is 0 Å². The molecule has 0 aromatic heterocycles. The third-order valence-electron chi connectivity index (χ3n) is 5.79. The SMILES string of the molecule is CC[C@H]1CCN1C(=O)NCC(c1cccc(C#N)c1)C(C)c1ccc(Cl)cc1.Cl. The number of halogens is 2. The fourth-order valence-corrected chi connectivity index (χ4v) is 3.98. The van der Waals surface area contributed by atoms with Crippen molar-refractivity contribution < 1.29 is 4.79 Å². The van der Waals surface area contributed by atoms with Crippen LogP contribution in [0, 0.1) is 11.3 Å². The summed E-state index contributed by atoms with van der Waals surface area (Å²) in [5.74, 6) is 0.213. The third kappa shape index (κ3) is 5.44. The summed E-state index contributed by atoms with van der Waals surface area (Å²) in [5.41, 5.74) is 2.84. The molecule has 2 aromatic carbocycles. The molecule has 1 aliphatic rings. The number of benzene rings is 2. The Balaban J connectivity index is 0.00000300. The van der Waals surface area contributed by atoms with E-state index in [1.807, 2.05) is 47.4 Å². The summed E-state index contributed by atoms with van der Waals surface area (Å²) in [4.78, 5) is 14.5. The van der Waals surface area contributed by atoms with E-state index in [0.29, 0.717) is 23.2 Å². The summed E-state index contributed by atoms with van der Waals surface area (Å²) < 4.78 is 0. The maximum absolute atomic E-state index is 12.6. The number of carbonyl (C=O) groups is 1. The van der Waals surface area contributed by atoms with E-state index in [1.165, 1.54) is 0 Å². The molecule has 1 saturated heterocycles. The molecule has 0 spiro atoms. The quantitative estimate of drug-likeness (QED) is 0.635. The van der Waals surface area contributed by atoms with Crippen LogP contribution in [0.3, 0.4) is 0 Å². The van der Waals surface area contributed by atoms with E-state index in [4.69, 9.17) is 11.6 Å². The van der Waals surface area contributed by atoms with E-state index in [0.717, 1.165) is 30.5 Å². The normalized spacial score (nSPS) is 17.3. The zero-order chi connectivity index (χ0) is 20.1. The standard InChI is InChI=1S/C23H26ClN3O.ClH/c1-3-21-11-12-27(21)23(28)26-15-22(19-6-4-5-17(13-19)14-25)16(2)18-7-9-20(24)10-8-18;/h4-10,13,16,21-22H,3,11-12,15H2,1-2H3,(H,26,28);1H/t16?,21-,22?;/m0./s1. The van der Waals surface area contributed by atoms with E-state index in [9.17, 15) is 10.1 Å². The van der Waals surface area contributed by atoms with E-state index in [2.05, 4.69) is 25.2 Å².